The highest BCUT2D eigenvalue weighted by Gasteiger charge is 2.42. The van der Waals surface area contributed by atoms with Crippen LogP contribution in [0.1, 0.15) is 37.6 Å². The molecule has 1 aromatic rings. The third-order valence-electron chi connectivity index (χ3n) is 3.18. The Morgan fingerprint density at radius 3 is 2.55 bits per heavy atom. The fourth-order valence-corrected chi connectivity index (χ4v) is 3.60. The molecule has 1 N–H and O–H groups in total. The lowest BCUT2D eigenvalue weighted by molar-refractivity contribution is 0.0954. The first-order valence-electron chi connectivity index (χ1n) is 6.71. The van der Waals surface area contributed by atoms with Crippen molar-refractivity contribution < 1.29 is 18.4 Å². The summed E-state index contributed by atoms with van der Waals surface area (Å²) in [7, 11) is -0.547. The molecular formula is C14H22N3O4P. The SMILES string of the molecule is COP(=O)(OC)C(C)(C)C/C(C)=N/NC(=O)c1cccnc1. The predicted octanol–water partition coefficient (Wildman–Crippen LogP) is 2.84. The summed E-state index contributed by atoms with van der Waals surface area (Å²) in [6, 6.07) is 3.31. The molecule has 7 nitrogen and oxygen atoms in total. The molecule has 8 heteroatoms. The lowest BCUT2D eigenvalue weighted by Crippen LogP contribution is -2.27. The van der Waals surface area contributed by atoms with Gasteiger partial charge in [0, 0.05) is 38.7 Å². The fraction of sp³-hybridized carbons (Fsp3) is 0.500. The summed E-state index contributed by atoms with van der Waals surface area (Å²) in [6.07, 6.45) is 3.38. The standard InChI is InChI=1S/C14H22N3O4P/c1-11(9-14(2,3)22(19,20-4)21-5)16-17-13(18)12-7-6-8-15-10-12/h6-8,10H,9H2,1-5H3,(H,17,18)/b16-11+. The van der Waals surface area contributed by atoms with Gasteiger partial charge in [-0.1, -0.05) is 0 Å². The highest BCUT2D eigenvalue weighted by atomic mass is 31.2. The summed E-state index contributed by atoms with van der Waals surface area (Å²) >= 11 is 0. The highest BCUT2D eigenvalue weighted by molar-refractivity contribution is 7.55. The van der Waals surface area contributed by atoms with Crippen LogP contribution in [0.15, 0.2) is 29.6 Å². The van der Waals surface area contributed by atoms with E-state index in [0.717, 1.165) is 0 Å². The Morgan fingerprint density at radius 2 is 2.05 bits per heavy atom. The number of hydrazone groups is 1. The van der Waals surface area contributed by atoms with E-state index in [4.69, 9.17) is 9.05 Å². The van der Waals surface area contributed by atoms with Crippen LogP contribution in [0.25, 0.3) is 0 Å². The van der Waals surface area contributed by atoms with E-state index in [1.165, 1.54) is 20.4 Å². The van der Waals surface area contributed by atoms with E-state index < -0.39 is 12.8 Å². The lowest BCUT2D eigenvalue weighted by atomic mass is 10.1. The van der Waals surface area contributed by atoms with Gasteiger partial charge in [0.25, 0.3) is 5.91 Å². The average molecular weight is 327 g/mol. The van der Waals surface area contributed by atoms with Gasteiger partial charge in [0.1, 0.15) is 0 Å². The van der Waals surface area contributed by atoms with E-state index in [9.17, 15) is 9.36 Å². The fourth-order valence-electron chi connectivity index (χ4n) is 2.04. The largest absolute Gasteiger partial charge is 0.336 e. The maximum Gasteiger partial charge on any atom is 0.336 e. The smallest absolute Gasteiger partial charge is 0.312 e. The van der Waals surface area contributed by atoms with Gasteiger partial charge in [-0.25, -0.2) is 5.43 Å². The van der Waals surface area contributed by atoms with Gasteiger partial charge >= 0.3 is 7.60 Å². The second-order valence-electron chi connectivity index (χ2n) is 5.38. The molecule has 1 amide bonds. The minimum atomic E-state index is -3.25. The molecule has 0 fully saturated rings. The first-order chi connectivity index (χ1) is 10.3. The van der Waals surface area contributed by atoms with Crippen LogP contribution in [0, 0.1) is 0 Å². The van der Waals surface area contributed by atoms with Crippen LogP contribution < -0.4 is 5.43 Å². The zero-order valence-corrected chi connectivity index (χ0v) is 14.4. The third-order valence-corrected chi connectivity index (χ3v) is 5.78. The van der Waals surface area contributed by atoms with Gasteiger partial charge in [0.05, 0.1) is 10.7 Å². The Balaban J connectivity index is 2.74. The van der Waals surface area contributed by atoms with E-state index in [0.29, 0.717) is 17.7 Å². The van der Waals surface area contributed by atoms with Gasteiger partial charge in [-0.2, -0.15) is 5.10 Å². The number of carbonyl (C=O) groups is 1. The number of carbonyl (C=O) groups excluding carboxylic acids is 1. The molecule has 22 heavy (non-hydrogen) atoms. The Labute approximate surface area is 130 Å². The summed E-state index contributed by atoms with van der Waals surface area (Å²) in [6.45, 7) is 5.27. The number of rotatable bonds is 7. The summed E-state index contributed by atoms with van der Waals surface area (Å²) in [5.41, 5.74) is 3.47. The molecular weight excluding hydrogens is 305 g/mol. The van der Waals surface area contributed by atoms with Crippen molar-refractivity contribution in [3.05, 3.63) is 30.1 Å². The molecule has 122 valence electrons. The normalized spacial score (nSPS) is 13.0. The van der Waals surface area contributed by atoms with Crippen molar-refractivity contribution in [1.82, 2.24) is 10.4 Å². The van der Waals surface area contributed by atoms with E-state index in [-0.39, 0.29) is 5.91 Å². The summed E-state index contributed by atoms with van der Waals surface area (Å²) in [4.78, 5) is 15.7. The molecule has 0 saturated carbocycles. The van der Waals surface area contributed by atoms with E-state index in [2.05, 4.69) is 15.5 Å². The van der Waals surface area contributed by atoms with Crippen LogP contribution in [0.2, 0.25) is 0 Å². The Morgan fingerprint density at radius 1 is 1.41 bits per heavy atom. The van der Waals surface area contributed by atoms with Crippen molar-refractivity contribution >= 4 is 19.2 Å². The number of pyridine rings is 1. The third kappa shape index (κ3) is 4.47. The van der Waals surface area contributed by atoms with Crippen LogP contribution >= 0.6 is 7.60 Å². The molecule has 0 aliphatic heterocycles. The van der Waals surface area contributed by atoms with E-state index >= 15 is 0 Å². The van der Waals surface area contributed by atoms with Crippen LogP contribution in [0.5, 0.6) is 0 Å². The molecule has 0 aromatic carbocycles. The average Bonchev–Trinajstić information content (AvgIpc) is 2.51. The van der Waals surface area contributed by atoms with Crippen molar-refractivity contribution in [2.24, 2.45) is 5.10 Å². The molecule has 0 bridgehead atoms. The van der Waals surface area contributed by atoms with Crippen molar-refractivity contribution in [2.45, 2.75) is 32.3 Å². The number of nitrogens with one attached hydrogen (secondary N) is 1. The zero-order chi connectivity index (χ0) is 16.8. The summed E-state index contributed by atoms with van der Waals surface area (Å²) in [5.74, 6) is -0.355. The monoisotopic (exact) mass is 327 g/mol. The van der Waals surface area contributed by atoms with Crippen LogP contribution in [0.3, 0.4) is 0 Å². The van der Waals surface area contributed by atoms with Gasteiger partial charge in [0.2, 0.25) is 0 Å². The number of hydrogen-bond acceptors (Lipinski definition) is 6. The Kier molecular flexibility index (Phi) is 6.41. The first-order valence-corrected chi connectivity index (χ1v) is 8.25. The van der Waals surface area contributed by atoms with E-state index in [1.54, 1.807) is 39.1 Å². The quantitative estimate of drug-likeness (QED) is 0.472. The number of amides is 1. The minimum Gasteiger partial charge on any atom is -0.312 e. The molecule has 0 saturated heterocycles. The van der Waals surface area contributed by atoms with Gasteiger partial charge in [-0.3, -0.25) is 14.3 Å². The number of hydrogen-bond donors (Lipinski definition) is 1. The Hall–Kier alpha value is -1.56. The van der Waals surface area contributed by atoms with Crippen LogP contribution in [-0.4, -0.2) is 36.0 Å². The number of nitrogens with zero attached hydrogens (tertiary/aromatic N) is 2. The van der Waals surface area contributed by atoms with Crippen LogP contribution in [0.4, 0.5) is 0 Å². The molecule has 1 rings (SSSR count). The molecule has 1 aromatic heterocycles. The molecule has 0 spiro atoms. The highest BCUT2D eigenvalue weighted by Crippen LogP contribution is 2.60. The molecule has 0 aliphatic rings. The van der Waals surface area contributed by atoms with Gasteiger partial charge in [0.15, 0.2) is 0 Å². The second-order valence-corrected chi connectivity index (χ2v) is 8.32. The molecule has 0 atom stereocenters. The van der Waals surface area contributed by atoms with Crippen molar-refractivity contribution in [3.63, 3.8) is 0 Å². The molecule has 0 unspecified atom stereocenters. The number of aromatic nitrogens is 1. The summed E-state index contributed by atoms with van der Waals surface area (Å²) < 4.78 is 22.5. The zero-order valence-electron chi connectivity index (χ0n) is 13.5. The maximum atomic E-state index is 12.5. The first kappa shape index (κ1) is 18.5. The van der Waals surface area contributed by atoms with Gasteiger partial charge in [-0.05, 0) is 32.9 Å². The topological polar surface area (TPSA) is 89.9 Å². The summed E-state index contributed by atoms with van der Waals surface area (Å²) in [5, 5.41) is 3.26. The predicted molar refractivity (Wildman–Crippen MR) is 85.1 cm³/mol. The maximum absolute atomic E-state index is 12.5. The molecule has 0 radical (unpaired) electrons. The molecule has 1 heterocycles. The van der Waals surface area contributed by atoms with Gasteiger partial charge in [-0.15, -0.1) is 0 Å². The van der Waals surface area contributed by atoms with Gasteiger partial charge < -0.3 is 9.05 Å². The second kappa shape index (κ2) is 7.63. The lowest BCUT2D eigenvalue weighted by Gasteiger charge is -2.30. The van der Waals surface area contributed by atoms with Crippen molar-refractivity contribution in [3.8, 4) is 0 Å². The van der Waals surface area contributed by atoms with Crippen molar-refractivity contribution in [1.29, 1.82) is 0 Å². The van der Waals surface area contributed by atoms with Crippen LogP contribution in [-0.2, 0) is 13.6 Å². The molecule has 0 aliphatic carbocycles. The Bertz CT molecular complexity index is 579. The van der Waals surface area contributed by atoms with Crippen molar-refractivity contribution in [2.75, 3.05) is 14.2 Å². The van der Waals surface area contributed by atoms with E-state index in [1.807, 2.05) is 0 Å². The minimum absolute atomic E-state index is 0.347.